The summed E-state index contributed by atoms with van der Waals surface area (Å²) in [7, 11) is 0. The molecule has 1 aliphatic heterocycles. The molecule has 0 unspecified atom stereocenters. The van der Waals surface area contributed by atoms with Crippen LogP contribution in [0.25, 0.3) is 0 Å². The third-order valence-electron chi connectivity index (χ3n) is 3.54. The smallest absolute Gasteiger partial charge is 0.255 e. The summed E-state index contributed by atoms with van der Waals surface area (Å²) in [5.74, 6) is 0.552. The van der Waals surface area contributed by atoms with Gasteiger partial charge < -0.3 is 19.7 Å². The van der Waals surface area contributed by atoms with Crippen molar-refractivity contribution in [1.82, 2.24) is 20.3 Å². The molecule has 128 valence electrons. The van der Waals surface area contributed by atoms with Crippen LogP contribution >= 0.6 is 0 Å². The van der Waals surface area contributed by atoms with Gasteiger partial charge in [0, 0.05) is 38.4 Å². The zero-order valence-corrected chi connectivity index (χ0v) is 13.5. The van der Waals surface area contributed by atoms with Crippen LogP contribution in [0.1, 0.15) is 12.6 Å². The van der Waals surface area contributed by atoms with Crippen molar-refractivity contribution in [1.29, 1.82) is 0 Å². The molecular weight excluding hydrogens is 313 g/mol. The second-order valence-corrected chi connectivity index (χ2v) is 5.25. The summed E-state index contributed by atoms with van der Waals surface area (Å²) in [5.41, 5.74) is 0.630. The van der Waals surface area contributed by atoms with Gasteiger partial charge in [-0.25, -0.2) is 9.97 Å². The van der Waals surface area contributed by atoms with Crippen LogP contribution in [-0.4, -0.2) is 47.7 Å². The molecule has 24 heavy (non-hydrogen) atoms. The van der Waals surface area contributed by atoms with Gasteiger partial charge in [-0.1, -0.05) is 0 Å². The van der Waals surface area contributed by atoms with E-state index in [-0.39, 0.29) is 12.4 Å². The number of ether oxygens (including phenoxy) is 2. The summed E-state index contributed by atoms with van der Waals surface area (Å²) in [6.45, 7) is 5.94. The lowest BCUT2D eigenvalue weighted by atomic mass is 10.3. The molecule has 3 heterocycles. The zero-order chi connectivity index (χ0) is 16.8. The molecule has 3 rings (SSSR count). The minimum atomic E-state index is -0.640. The Kier molecular flexibility index (Phi) is 5.37. The molecule has 7 nitrogen and oxygen atoms in total. The van der Waals surface area contributed by atoms with Crippen LogP contribution in [0, 0.1) is 5.95 Å². The van der Waals surface area contributed by atoms with Crippen molar-refractivity contribution in [3.8, 4) is 11.6 Å². The molecule has 2 aromatic heterocycles. The van der Waals surface area contributed by atoms with Gasteiger partial charge in [0.2, 0.25) is 11.8 Å². The highest BCUT2D eigenvalue weighted by Crippen LogP contribution is 2.19. The van der Waals surface area contributed by atoms with Crippen LogP contribution in [0.4, 0.5) is 10.3 Å². The molecule has 1 aliphatic rings. The maximum absolute atomic E-state index is 13.6. The maximum Gasteiger partial charge on any atom is 0.255 e. The molecule has 0 spiro atoms. The van der Waals surface area contributed by atoms with Gasteiger partial charge in [0.1, 0.15) is 6.61 Å². The number of halogens is 1. The van der Waals surface area contributed by atoms with Crippen molar-refractivity contribution >= 4 is 5.95 Å². The Labute approximate surface area is 139 Å². The van der Waals surface area contributed by atoms with Crippen LogP contribution < -0.4 is 19.7 Å². The van der Waals surface area contributed by atoms with E-state index in [2.05, 4.69) is 25.2 Å². The number of rotatable bonds is 6. The predicted molar refractivity (Wildman–Crippen MR) is 86.8 cm³/mol. The summed E-state index contributed by atoms with van der Waals surface area (Å²) in [6.07, 6.45) is 1.38. The molecule has 0 aliphatic carbocycles. The lowest BCUT2D eigenvalue weighted by molar-refractivity contribution is 0.278. The molecule has 2 aromatic rings. The van der Waals surface area contributed by atoms with E-state index in [1.54, 1.807) is 12.1 Å². The third-order valence-corrected chi connectivity index (χ3v) is 3.54. The van der Waals surface area contributed by atoms with Gasteiger partial charge in [0.05, 0.1) is 12.3 Å². The van der Waals surface area contributed by atoms with Gasteiger partial charge in [-0.2, -0.15) is 9.37 Å². The molecular formula is C16H20FN5O2. The lowest BCUT2D eigenvalue weighted by Crippen LogP contribution is -2.44. The molecule has 0 saturated carbocycles. The number of aromatic nitrogens is 3. The molecule has 0 bridgehead atoms. The second-order valence-electron chi connectivity index (χ2n) is 5.25. The molecule has 1 saturated heterocycles. The van der Waals surface area contributed by atoms with Gasteiger partial charge in [0.15, 0.2) is 5.75 Å². The Hall–Kier alpha value is -2.48. The first-order valence-corrected chi connectivity index (χ1v) is 7.96. The van der Waals surface area contributed by atoms with Crippen LogP contribution in [0.15, 0.2) is 24.4 Å². The quantitative estimate of drug-likeness (QED) is 0.801. The SMILES string of the molecule is CCOc1cc(COc2cccnc2F)nc(N2CCNCC2)n1. The fourth-order valence-electron chi connectivity index (χ4n) is 2.39. The average Bonchev–Trinajstić information content (AvgIpc) is 2.62. The second kappa shape index (κ2) is 7.87. The number of hydrogen-bond donors (Lipinski definition) is 1. The van der Waals surface area contributed by atoms with Crippen molar-refractivity contribution in [2.45, 2.75) is 13.5 Å². The number of nitrogens with zero attached hydrogens (tertiary/aromatic N) is 4. The van der Waals surface area contributed by atoms with E-state index >= 15 is 0 Å². The first kappa shape index (κ1) is 16.4. The van der Waals surface area contributed by atoms with E-state index in [0.717, 1.165) is 26.2 Å². The van der Waals surface area contributed by atoms with Crippen LogP contribution in [0.5, 0.6) is 11.6 Å². The highest BCUT2D eigenvalue weighted by molar-refractivity contribution is 5.35. The Morgan fingerprint density at radius 3 is 2.83 bits per heavy atom. The van der Waals surface area contributed by atoms with Gasteiger partial charge >= 0.3 is 0 Å². The third kappa shape index (κ3) is 4.08. The predicted octanol–water partition coefficient (Wildman–Crippen LogP) is 1.40. The van der Waals surface area contributed by atoms with Crippen molar-refractivity contribution < 1.29 is 13.9 Å². The first-order valence-electron chi connectivity index (χ1n) is 7.96. The molecule has 0 atom stereocenters. The highest BCUT2D eigenvalue weighted by atomic mass is 19.1. The highest BCUT2D eigenvalue weighted by Gasteiger charge is 2.16. The maximum atomic E-state index is 13.6. The van der Waals surface area contributed by atoms with E-state index in [4.69, 9.17) is 9.47 Å². The molecule has 0 amide bonds. The van der Waals surface area contributed by atoms with Crippen LogP contribution in [0.2, 0.25) is 0 Å². The van der Waals surface area contributed by atoms with E-state index in [0.29, 0.717) is 24.1 Å². The fraction of sp³-hybridized carbons (Fsp3) is 0.438. The fourth-order valence-corrected chi connectivity index (χ4v) is 2.39. The normalized spacial score (nSPS) is 14.5. The van der Waals surface area contributed by atoms with E-state index in [1.165, 1.54) is 12.3 Å². The van der Waals surface area contributed by atoms with Crippen molar-refractivity contribution in [3.05, 3.63) is 36.0 Å². The van der Waals surface area contributed by atoms with E-state index < -0.39 is 5.95 Å². The van der Waals surface area contributed by atoms with Gasteiger partial charge in [-0.3, -0.25) is 0 Å². The van der Waals surface area contributed by atoms with E-state index in [9.17, 15) is 4.39 Å². The minimum Gasteiger partial charge on any atom is -0.482 e. The van der Waals surface area contributed by atoms with Crippen LogP contribution in [-0.2, 0) is 6.61 Å². The number of pyridine rings is 1. The summed E-state index contributed by atoms with van der Waals surface area (Å²) >= 11 is 0. The molecule has 1 N–H and O–H groups in total. The largest absolute Gasteiger partial charge is 0.482 e. The minimum absolute atomic E-state index is 0.0952. The summed E-state index contributed by atoms with van der Waals surface area (Å²) < 4.78 is 24.6. The van der Waals surface area contributed by atoms with E-state index in [1.807, 2.05) is 6.92 Å². The number of nitrogens with one attached hydrogen (secondary N) is 1. The Morgan fingerprint density at radius 1 is 1.25 bits per heavy atom. The first-order chi connectivity index (χ1) is 11.8. The average molecular weight is 333 g/mol. The number of anilines is 1. The van der Waals surface area contributed by atoms with Crippen molar-refractivity contribution in [2.75, 3.05) is 37.7 Å². The number of piperazine rings is 1. The molecule has 0 radical (unpaired) electrons. The van der Waals surface area contributed by atoms with Crippen molar-refractivity contribution in [3.63, 3.8) is 0 Å². The topological polar surface area (TPSA) is 72.4 Å². The summed E-state index contributed by atoms with van der Waals surface area (Å²) in [6, 6.07) is 4.86. The van der Waals surface area contributed by atoms with Crippen LogP contribution in [0.3, 0.4) is 0 Å². The Bertz CT molecular complexity index is 679. The molecule has 8 heteroatoms. The lowest BCUT2D eigenvalue weighted by Gasteiger charge is -2.27. The Morgan fingerprint density at radius 2 is 2.08 bits per heavy atom. The zero-order valence-electron chi connectivity index (χ0n) is 13.5. The number of hydrogen-bond acceptors (Lipinski definition) is 7. The van der Waals surface area contributed by atoms with Crippen molar-refractivity contribution in [2.24, 2.45) is 0 Å². The monoisotopic (exact) mass is 333 g/mol. The summed E-state index contributed by atoms with van der Waals surface area (Å²) in [4.78, 5) is 14.6. The van der Waals surface area contributed by atoms with Gasteiger partial charge in [0.25, 0.3) is 5.95 Å². The summed E-state index contributed by atoms with van der Waals surface area (Å²) in [5, 5.41) is 3.29. The van der Waals surface area contributed by atoms with Gasteiger partial charge in [-0.05, 0) is 19.1 Å². The standard InChI is InChI=1S/C16H20FN5O2/c1-2-23-14-10-12(11-24-13-4-3-5-19-15(13)17)20-16(21-14)22-8-6-18-7-9-22/h3-5,10,18H,2,6-9,11H2,1H3. The molecule has 0 aromatic carbocycles. The van der Waals surface area contributed by atoms with Gasteiger partial charge in [-0.15, -0.1) is 0 Å². The molecule has 1 fully saturated rings. The Balaban J connectivity index is 1.78.